The number of ether oxygens (including phenoxy) is 1. The SMILES string of the molecule is O=c1[nH]c(=O)n(C2CC(O)C(COP(=O)([O-])O)O2)cc1Br.[Na+]. The van der Waals surface area contributed by atoms with Gasteiger partial charge in [0.15, 0.2) is 0 Å². The number of rotatable bonds is 4. The molecule has 0 saturated carbocycles. The van der Waals surface area contributed by atoms with Gasteiger partial charge in [-0.2, -0.15) is 0 Å². The Hall–Kier alpha value is 0.190. The van der Waals surface area contributed by atoms with Gasteiger partial charge in [0.05, 0.1) is 17.2 Å². The summed E-state index contributed by atoms with van der Waals surface area (Å²) < 4.78 is 21.1. The number of hydrogen-bond acceptors (Lipinski definition) is 7. The van der Waals surface area contributed by atoms with E-state index in [-0.39, 0.29) is 40.5 Å². The fourth-order valence-corrected chi connectivity index (χ4v) is 2.53. The van der Waals surface area contributed by atoms with Crippen LogP contribution >= 0.6 is 23.8 Å². The van der Waals surface area contributed by atoms with Crippen molar-refractivity contribution >= 4 is 23.8 Å². The number of phosphoric acid groups is 1. The Bertz CT molecular complexity index is 687. The van der Waals surface area contributed by atoms with Crippen LogP contribution in [-0.2, 0) is 13.8 Å². The van der Waals surface area contributed by atoms with Gasteiger partial charge in [0.2, 0.25) is 0 Å². The molecule has 0 spiro atoms. The summed E-state index contributed by atoms with van der Waals surface area (Å²) in [5, 5.41) is 9.75. The first kappa shape index (κ1) is 20.2. The van der Waals surface area contributed by atoms with Crippen LogP contribution in [0, 0.1) is 0 Å². The molecule has 3 N–H and O–H groups in total. The summed E-state index contributed by atoms with van der Waals surface area (Å²) in [5.41, 5.74) is -1.35. The normalized spacial score (nSPS) is 27.2. The molecule has 1 aromatic rings. The Morgan fingerprint density at radius 2 is 2.23 bits per heavy atom. The van der Waals surface area contributed by atoms with E-state index in [1.54, 1.807) is 0 Å². The number of nitrogens with zero attached hydrogens (tertiary/aromatic N) is 1. The summed E-state index contributed by atoms with van der Waals surface area (Å²) in [7, 11) is -4.92. The second-order valence-electron chi connectivity index (χ2n) is 4.34. The molecule has 4 atom stereocenters. The molecule has 1 aliphatic rings. The van der Waals surface area contributed by atoms with E-state index in [1.807, 2.05) is 4.98 Å². The molecule has 10 nitrogen and oxygen atoms in total. The minimum atomic E-state index is -4.92. The van der Waals surface area contributed by atoms with Crippen molar-refractivity contribution in [2.75, 3.05) is 6.61 Å². The number of phosphoric ester groups is 1. The van der Waals surface area contributed by atoms with Crippen LogP contribution in [0.15, 0.2) is 20.3 Å². The number of hydrogen-bond donors (Lipinski definition) is 3. The first-order valence-electron chi connectivity index (χ1n) is 5.70. The number of nitrogens with one attached hydrogen (secondary N) is 1. The summed E-state index contributed by atoms with van der Waals surface area (Å²) >= 11 is 2.96. The molecule has 1 aliphatic heterocycles. The molecule has 118 valence electrons. The van der Waals surface area contributed by atoms with Gasteiger partial charge in [-0.3, -0.25) is 18.9 Å². The van der Waals surface area contributed by atoms with Gasteiger partial charge in [-0.15, -0.1) is 0 Å². The van der Waals surface area contributed by atoms with Crippen molar-refractivity contribution in [2.45, 2.75) is 24.9 Å². The molecule has 0 aromatic carbocycles. The molecule has 0 amide bonds. The molecule has 22 heavy (non-hydrogen) atoms. The Morgan fingerprint density at radius 1 is 1.59 bits per heavy atom. The number of aliphatic hydroxyl groups excluding tert-OH is 1. The first-order valence-corrected chi connectivity index (χ1v) is 7.99. The van der Waals surface area contributed by atoms with Crippen LogP contribution in [0.25, 0.3) is 0 Å². The van der Waals surface area contributed by atoms with Crippen molar-refractivity contribution < 1.29 is 58.3 Å². The Labute approximate surface area is 154 Å². The second kappa shape index (κ2) is 7.84. The third-order valence-electron chi connectivity index (χ3n) is 2.84. The van der Waals surface area contributed by atoms with Gasteiger partial charge in [-0.1, -0.05) is 0 Å². The van der Waals surface area contributed by atoms with Gasteiger partial charge < -0.3 is 24.2 Å². The van der Waals surface area contributed by atoms with Gasteiger partial charge in [0.25, 0.3) is 13.4 Å². The van der Waals surface area contributed by atoms with Crippen LogP contribution in [0.5, 0.6) is 0 Å². The molecule has 13 heteroatoms. The minimum absolute atomic E-state index is 0. The zero-order chi connectivity index (χ0) is 15.8. The molecule has 4 unspecified atom stereocenters. The molecule has 2 rings (SSSR count). The predicted molar refractivity (Wildman–Crippen MR) is 69.3 cm³/mol. The number of aliphatic hydroxyl groups is 1. The Balaban J connectivity index is 0.00000242. The fraction of sp³-hybridized carbons (Fsp3) is 0.556. The smallest absolute Gasteiger partial charge is 0.756 e. The summed E-state index contributed by atoms with van der Waals surface area (Å²) in [6, 6.07) is 0. The van der Waals surface area contributed by atoms with Crippen LogP contribution in [0.3, 0.4) is 0 Å². The van der Waals surface area contributed by atoms with Gasteiger partial charge in [0.1, 0.15) is 12.3 Å². The Morgan fingerprint density at radius 3 is 2.82 bits per heavy atom. The second-order valence-corrected chi connectivity index (χ2v) is 6.39. The maximum atomic E-state index is 11.7. The van der Waals surface area contributed by atoms with Gasteiger partial charge >= 0.3 is 35.2 Å². The third kappa shape index (κ3) is 5.10. The average molecular weight is 409 g/mol. The summed E-state index contributed by atoms with van der Waals surface area (Å²) in [5.74, 6) is 0. The largest absolute Gasteiger partial charge is 1.00 e. The average Bonchev–Trinajstić information content (AvgIpc) is 2.72. The molecule has 1 saturated heterocycles. The van der Waals surface area contributed by atoms with Gasteiger partial charge in [-0.05, 0) is 15.9 Å². The molecule has 0 aliphatic carbocycles. The Kier molecular flexibility index (Phi) is 7.21. The van der Waals surface area contributed by atoms with Crippen molar-refractivity contribution in [3.8, 4) is 0 Å². The fourth-order valence-electron chi connectivity index (χ4n) is 1.88. The minimum Gasteiger partial charge on any atom is -0.756 e. The zero-order valence-corrected chi connectivity index (χ0v) is 15.8. The van der Waals surface area contributed by atoms with E-state index in [0.29, 0.717) is 0 Å². The monoisotopic (exact) mass is 408 g/mol. The van der Waals surface area contributed by atoms with E-state index in [9.17, 15) is 24.2 Å². The zero-order valence-electron chi connectivity index (χ0n) is 11.3. The van der Waals surface area contributed by atoms with Crippen LogP contribution < -0.4 is 45.7 Å². The molecule has 1 aromatic heterocycles. The molecule has 0 radical (unpaired) electrons. The van der Waals surface area contributed by atoms with Gasteiger partial charge in [0, 0.05) is 12.6 Å². The standard InChI is InChI=1S/C9H12BrN2O8P.Na/c10-4-2-12(9(15)11-8(4)14)7-1-5(13)6(20-7)3-19-21(16,17)18;/h2,5-7,13H,1,3H2,(H,11,14,15)(H2,16,17,18);/q;+1/p-1. The number of aromatic nitrogens is 2. The summed E-state index contributed by atoms with van der Waals surface area (Å²) in [6.45, 7) is -0.589. The van der Waals surface area contributed by atoms with Gasteiger partial charge in [-0.25, -0.2) is 4.79 Å². The first-order chi connectivity index (χ1) is 9.67. The number of halogens is 1. The van der Waals surface area contributed by atoms with Crippen LogP contribution in [-0.4, -0.2) is 38.4 Å². The molecule has 1 fully saturated rings. The number of aromatic amines is 1. The third-order valence-corrected chi connectivity index (χ3v) is 3.88. The van der Waals surface area contributed by atoms with Crippen LogP contribution in [0.4, 0.5) is 0 Å². The van der Waals surface area contributed by atoms with Crippen molar-refractivity contribution in [3.05, 3.63) is 31.5 Å². The van der Waals surface area contributed by atoms with E-state index >= 15 is 0 Å². The quantitative estimate of drug-likeness (QED) is 0.332. The molecular formula is C9H11BrN2NaO8P. The molecule has 2 heterocycles. The van der Waals surface area contributed by atoms with Crippen molar-refractivity contribution in [2.24, 2.45) is 0 Å². The van der Waals surface area contributed by atoms with E-state index < -0.39 is 44.1 Å². The van der Waals surface area contributed by atoms with E-state index in [2.05, 4.69) is 20.5 Å². The predicted octanol–water partition coefficient (Wildman–Crippen LogP) is -4.57. The maximum Gasteiger partial charge on any atom is 1.00 e. The number of H-pyrrole nitrogens is 1. The maximum absolute atomic E-state index is 11.7. The summed E-state index contributed by atoms with van der Waals surface area (Å²) in [4.78, 5) is 43.9. The topological polar surface area (TPSA) is 154 Å². The van der Waals surface area contributed by atoms with E-state index in [1.165, 1.54) is 6.20 Å². The van der Waals surface area contributed by atoms with Crippen molar-refractivity contribution in [3.63, 3.8) is 0 Å². The van der Waals surface area contributed by atoms with E-state index in [0.717, 1.165) is 4.57 Å². The van der Waals surface area contributed by atoms with Crippen LogP contribution in [0.2, 0.25) is 0 Å². The van der Waals surface area contributed by atoms with E-state index in [4.69, 9.17) is 9.63 Å². The molecule has 0 bridgehead atoms. The van der Waals surface area contributed by atoms with Crippen molar-refractivity contribution in [1.82, 2.24) is 9.55 Å². The summed E-state index contributed by atoms with van der Waals surface area (Å²) in [6.07, 6.45) is -1.85. The molecular weight excluding hydrogens is 398 g/mol. The van der Waals surface area contributed by atoms with Crippen molar-refractivity contribution in [1.29, 1.82) is 0 Å². The van der Waals surface area contributed by atoms with Crippen LogP contribution in [0.1, 0.15) is 12.6 Å².